The van der Waals surface area contributed by atoms with Gasteiger partial charge in [0.25, 0.3) is 0 Å². The smallest absolute Gasteiger partial charge is 0.308 e. The average molecular weight is 359 g/mol. The van der Waals surface area contributed by atoms with Gasteiger partial charge in [-0.1, -0.05) is 54.6 Å². The fourth-order valence-corrected chi connectivity index (χ4v) is 3.25. The zero-order valence-corrected chi connectivity index (χ0v) is 14.9. The summed E-state index contributed by atoms with van der Waals surface area (Å²) in [6.07, 6.45) is 0. The lowest BCUT2D eigenvalue weighted by Gasteiger charge is -2.12. The first kappa shape index (κ1) is 16.8. The van der Waals surface area contributed by atoms with Crippen molar-refractivity contribution in [2.75, 3.05) is 0 Å². The van der Waals surface area contributed by atoms with E-state index in [1.54, 1.807) is 0 Å². The molecule has 4 rings (SSSR count). The van der Waals surface area contributed by atoms with E-state index in [1.165, 1.54) is 13.8 Å². The molecule has 0 aliphatic heterocycles. The van der Waals surface area contributed by atoms with Crippen LogP contribution in [0.15, 0.2) is 60.7 Å². The summed E-state index contributed by atoms with van der Waals surface area (Å²) in [6.45, 7) is 2.73. The minimum Gasteiger partial charge on any atom is -0.425 e. The van der Waals surface area contributed by atoms with Gasteiger partial charge in [0.15, 0.2) is 5.75 Å². The molecule has 5 nitrogen and oxygen atoms in total. The Morgan fingerprint density at radius 2 is 1.30 bits per heavy atom. The molecule has 134 valence electrons. The number of hydrogen-bond donors (Lipinski definition) is 1. The molecular weight excluding hydrogens is 342 g/mol. The maximum Gasteiger partial charge on any atom is 0.308 e. The molecule has 0 saturated carbocycles. The van der Waals surface area contributed by atoms with Gasteiger partial charge in [0.1, 0.15) is 5.75 Å². The van der Waals surface area contributed by atoms with Gasteiger partial charge in [0.2, 0.25) is 0 Å². The molecular formula is C22H17NO4. The second-order valence-electron chi connectivity index (χ2n) is 6.23. The predicted molar refractivity (Wildman–Crippen MR) is 104 cm³/mol. The average Bonchev–Trinajstić information content (AvgIpc) is 3.10. The van der Waals surface area contributed by atoms with E-state index in [2.05, 4.69) is 4.98 Å². The van der Waals surface area contributed by atoms with E-state index < -0.39 is 11.9 Å². The highest BCUT2D eigenvalue weighted by molar-refractivity contribution is 6.12. The number of fused-ring (bicyclic) bond motifs is 2. The van der Waals surface area contributed by atoms with Crippen molar-refractivity contribution in [3.05, 3.63) is 60.7 Å². The molecule has 0 bridgehead atoms. The van der Waals surface area contributed by atoms with E-state index in [4.69, 9.17) is 9.47 Å². The predicted octanol–water partition coefficient (Wildman–Crippen LogP) is 4.84. The largest absolute Gasteiger partial charge is 0.425 e. The normalized spacial score (nSPS) is 10.9. The van der Waals surface area contributed by atoms with Crippen molar-refractivity contribution in [1.29, 1.82) is 0 Å². The van der Waals surface area contributed by atoms with Crippen LogP contribution in [0.25, 0.3) is 32.9 Å². The maximum atomic E-state index is 11.7. The number of aromatic nitrogens is 1. The molecule has 1 N–H and O–H groups in total. The van der Waals surface area contributed by atoms with Crippen LogP contribution in [-0.2, 0) is 9.59 Å². The third-order valence-electron chi connectivity index (χ3n) is 4.28. The van der Waals surface area contributed by atoms with Gasteiger partial charge in [0.05, 0.1) is 5.52 Å². The number of rotatable bonds is 3. The number of nitrogens with one attached hydrogen (secondary N) is 1. The van der Waals surface area contributed by atoms with E-state index in [9.17, 15) is 9.59 Å². The van der Waals surface area contributed by atoms with Crippen molar-refractivity contribution >= 4 is 33.6 Å². The van der Waals surface area contributed by atoms with Crippen LogP contribution >= 0.6 is 0 Å². The molecule has 0 fully saturated rings. The minimum atomic E-state index is -0.419. The van der Waals surface area contributed by atoms with Gasteiger partial charge in [-0.3, -0.25) is 9.59 Å². The van der Waals surface area contributed by atoms with Crippen molar-refractivity contribution in [2.45, 2.75) is 13.8 Å². The highest BCUT2D eigenvalue weighted by atomic mass is 16.5. The molecule has 0 atom stereocenters. The molecule has 3 aromatic carbocycles. The summed E-state index contributed by atoms with van der Waals surface area (Å²) in [5.41, 5.74) is 2.42. The van der Waals surface area contributed by atoms with Crippen LogP contribution in [0.1, 0.15) is 13.8 Å². The number of carbonyl (C=O) groups is 2. The second kappa shape index (κ2) is 6.61. The molecule has 0 saturated heterocycles. The van der Waals surface area contributed by atoms with Crippen LogP contribution in [-0.4, -0.2) is 16.9 Å². The van der Waals surface area contributed by atoms with Gasteiger partial charge in [-0.15, -0.1) is 0 Å². The van der Waals surface area contributed by atoms with Crippen LogP contribution in [0.3, 0.4) is 0 Å². The van der Waals surface area contributed by atoms with Crippen LogP contribution in [0.5, 0.6) is 11.5 Å². The van der Waals surface area contributed by atoms with Crippen LogP contribution in [0.2, 0.25) is 0 Å². The maximum absolute atomic E-state index is 11.7. The monoisotopic (exact) mass is 359 g/mol. The van der Waals surface area contributed by atoms with Crippen molar-refractivity contribution in [3.63, 3.8) is 0 Å². The number of carbonyl (C=O) groups excluding carboxylic acids is 2. The SMILES string of the molecule is CC(=O)Oc1c2ccccc2c(OC(C)=O)c2[nH]c(-c3ccccc3)cc12. The van der Waals surface area contributed by atoms with Crippen molar-refractivity contribution in [2.24, 2.45) is 0 Å². The van der Waals surface area contributed by atoms with Gasteiger partial charge in [0, 0.05) is 35.7 Å². The molecule has 0 aliphatic rings. The van der Waals surface area contributed by atoms with Crippen LogP contribution in [0.4, 0.5) is 0 Å². The zero-order valence-electron chi connectivity index (χ0n) is 14.9. The lowest BCUT2D eigenvalue weighted by molar-refractivity contribution is -0.132. The summed E-state index contributed by atoms with van der Waals surface area (Å²) in [5, 5.41) is 2.08. The fourth-order valence-electron chi connectivity index (χ4n) is 3.25. The molecule has 0 amide bonds. The molecule has 0 spiro atoms. The Balaban J connectivity index is 2.11. The Labute approximate surface area is 155 Å². The van der Waals surface area contributed by atoms with E-state index in [-0.39, 0.29) is 0 Å². The first-order valence-corrected chi connectivity index (χ1v) is 8.54. The Kier molecular flexibility index (Phi) is 4.12. The summed E-state index contributed by atoms with van der Waals surface area (Å²) in [5.74, 6) is 0.0373. The first-order valence-electron chi connectivity index (χ1n) is 8.54. The molecule has 0 aliphatic carbocycles. The van der Waals surface area contributed by atoms with Gasteiger partial charge in [-0.05, 0) is 11.6 Å². The number of H-pyrrole nitrogens is 1. The quantitative estimate of drug-likeness (QED) is 0.420. The Morgan fingerprint density at radius 3 is 1.93 bits per heavy atom. The van der Waals surface area contributed by atoms with Gasteiger partial charge in [-0.25, -0.2) is 0 Å². The summed E-state index contributed by atoms with van der Waals surface area (Å²) < 4.78 is 11.1. The van der Waals surface area contributed by atoms with Crippen molar-refractivity contribution < 1.29 is 19.1 Å². The number of hydrogen-bond acceptors (Lipinski definition) is 4. The van der Waals surface area contributed by atoms with Gasteiger partial charge >= 0.3 is 11.9 Å². The molecule has 0 unspecified atom stereocenters. The van der Waals surface area contributed by atoms with Crippen molar-refractivity contribution in [1.82, 2.24) is 4.98 Å². The summed E-state index contributed by atoms with van der Waals surface area (Å²) in [6, 6.07) is 19.1. The Morgan fingerprint density at radius 1 is 0.741 bits per heavy atom. The van der Waals surface area contributed by atoms with E-state index in [0.717, 1.165) is 11.3 Å². The van der Waals surface area contributed by atoms with E-state index >= 15 is 0 Å². The summed E-state index contributed by atoms with van der Waals surface area (Å²) in [7, 11) is 0. The summed E-state index contributed by atoms with van der Waals surface area (Å²) >= 11 is 0. The third-order valence-corrected chi connectivity index (χ3v) is 4.28. The Hall–Kier alpha value is -3.60. The lowest BCUT2D eigenvalue weighted by atomic mass is 10.0. The highest BCUT2D eigenvalue weighted by Gasteiger charge is 2.21. The molecule has 27 heavy (non-hydrogen) atoms. The van der Waals surface area contributed by atoms with E-state index in [1.807, 2.05) is 60.7 Å². The highest BCUT2D eigenvalue weighted by Crippen LogP contribution is 2.44. The van der Waals surface area contributed by atoms with Crippen molar-refractivity contribution in [3.8, 4) is 22.8 Å². The molecule has 5 heteroatoms. The van der Waals surface area contributed by atoms with Gasteiger partial charge < -0.3 is 14.5 Å². The molecule has 1 heterocycles. The molecule has 1 aromatic heterocycles. The van der Waals surface area contributed by atoms with E-state index in [0.29, 0.717) is 33.2 Å². The topological polar surface area (TPSA) is 68.4 Å². The number of aromatic amines is 1. The Bertz CT molecular complexity index is 1100. The third kappa shape index (κ3) is 3.04. The lowest BCUT2D eigenvalue weighted by Crippen LogP contribution is -2.05. The number of ether oxygens (including phenoxy) is 2. The van der Waals surface area contributed by atoms with Crippen LogP contribution in [0, 0.1) is 0 Å². The summed E-state index contributed by atoms with van der Waals surface area (Å²) in [4.78, 5) is 26.8. The fraction of sp³-hybridized carbons (Fsp3) is 0.0909. The standard InChI is InChI=1S/C22H17NO4/c1-13(24)26-21-16-10-6-7-11-17(16)22(27-14(2)25)20-18(21)12-19(23-20)15-8-4-3-5-9-15/h3-12,23H,1-2H3. The van der Waals surface area contributed by atoms with Gasteiger partial charge in [-0.2, -0.15) is 0 Å². The number of esters is 2. The molecule has 0 radical (unpaired) electrons. The molecule has 4 aromatic rings. The number of benzene rings is 3. The second-order valence-corrected chi connectivity index (χ2v) is 6.23. The first-order chi connectivity index (χ1) is 13.0. The minimum absolute atomic E-state index is 0.413. The van der Waals surface area contributed by atoms with Crippen LogP contribution < -0.4 is 9.47 Å². The zero-order chi connectivity index (χ0) is 19.0.